The number of hydrogen-bond donors (Lipinski definition) is 1. The fourth-order valence-electron chi connectivity index (χ4n) is 1.77. The van der Waals surface area contributed by atoms with Gasteiger partial charge in [-0.15, -0.1) is 11.3 Å². The maximum Gasteiger partial charge on any atom is 0.236 e. The molecule has 3 aromatic rings. The topological polar surface area (TPSA) is 91.8 Å². The summed E-state index contributed by atoms with van der Waals surface area (Å²) >= 11 is 2.55. The summed E-state index contributed by atoms with van der Waals surface area (Å²) in [4.78, 5) is 20.3. The maximum atomic E-state index is 11.9. The van der Waals surface area contributed by atoms with Crippen LogP contribution in [0.5, 0.6) is 0 Å². The van der Waals surface area contributed by atoms with Gasteiger partial charge >= 0.3 is 0 Å². The number of rotatable bonds is 5. The average molecular weight is 342 g/mol. The summed E-state index contributed by atoms with van der Waals surface area (Å²) in [5.41, 5.74) is 1.05. The predicted octanol–water partition coefficient (Wildman–Crippen LogP) is 3.40. The van der Waals surface area contributed by atoms with Gasteiger partial charge < -0.3 is 9.73 Å². The summed E-state index contributed by atoms with van der Waals surface area (Å²) in [6.07, 6.45) is 3.18. The van der Waals surface area contributed by atoms with Gasteiger partial charge in [-0.3, -0.25) is 4.79 Å². The Morgan fingerprint density at radius 3 is 3.04 bits per heavy atom. The van der Waals surface area contributed by atoms with E-state index < -0.39 is 0 Å². The molecule has 0 atom stereocenters. The third-order valence-corrected chi connectivity index (χ3v) is 4.45. The molecule has 0 saturated heterocycles. The highest BCUT2D eigenvalue weighted by Crippen LogP contribution is 2.25. The Hall–Kier alpha value is -2.63. The summed E-state index contributed by atoms with van der Waals surface area (Å²) in [6.45, 7) is 0. The molecule has 6 nitrogen and oxygen atoms in total. The maximum absolute atomic E-state index is 11.9. The molecule has 0 unspecified atom stereocenters. The van der Waals surface area contributed by atoms with Crippen molar-refractivity contribution >= 4 is 34.1 Å². The van der Waals surface area contributed by atoms with Crippen molar-refractivity contribution in [2.24, 2.45) is 0 Å². The lowest BCUT2D eigenvalue weighted by molar-refractivity contribution is -0.113. The van der Waals surface area contributed by atoms with E-state index in [9.17, 15) is 10.1 Å². The summed E-state index contributed by atoms with van der Waals surface area (Å²) in [6, 6.07) is 9.03. The van der Waals surface area contributed by atoms with Crippen molar-refractivity contribution in [2.45, 2.75) is 5.03 Å². The number of furan rings is 1. The molecule has 3 rings (SSSR count). The van der Waals surface area contributed by atoms with Crippen LogP contribution in [-0.2, 0) is 4.79 Å². The minimum atomic E-state index is -0.195. The smallest absolute Gasteiger partial charge is 0.236 e. The van der Waals surface area contributed by atoms with Gasteiger partial charge in [-0.2, -0.15) is 5.26 Å². The van der Waals surface area contributed by atoms with Crippen LogP contribution < -0.4 is 5.32 Å². The van der Waals surface area contributed by atoms with E-state index in [1.165, 1.54) is 23.1 Å². The number of anilines is 1. The molecule has 3 heterocycles. The van der Waals surface area contributed by atoms with Crippen LogP contribution >= 0.6 is 23.1 Å². The van der Waals surface area contributed by atoms with Crippen LogP contribution in [-0.4, -0.2) is 21.6 Å². The van der Waals surface area contributed by atoms with Crippen molar-refractivity contribution in [3.05, 3.63) is 47.7 Å². The summed E-state index contributed by atoms with van der Waals surface area (Å²) < 4.78 is 5.30. The number of pyridine rings is 1. The standard InChI is InChI=1S/C15H10N4O2S2/c16-8-10-3-4-11(12-2-1-6-21-12)18-14(10)23-9-13(20)19-15-17-5-7-22-15/h1-7H,9H2,(H,17,19,20). The lowest BCUT2D eigenvalue weighted by atomic mass is 10.2. The largest absolute Gasteiger partial charge is 0.463 e. The molecule has 23 heavy (non-hydrogen) atoms. The van der Waals surface area contributed by atoms with Crippen LogP contribution in [0.15, 0.2) is 51.5 Å². The van der Waals surface area contributed by atoms with Crippen LogP contribution in [0.2, 0.25) is 0 Å². The molecule has 0 aliphatic rings. The van der Waals surface area contributed by atoms with Crippen molar-refractivity contribution in [1.29, 1.82) is 5.26 Å². The molecule has 0 aromatic carbocycles. The minimum Gasteiger partial charge on any atom is -0.463 e. The number of amides is 1. The first-order valence-corrected chi connectivity index (χ1v) is 8.40. The van der Waals surface area contributed by atoms with Crippen molar-refractivity contribution in [3.63, 3.8) is 0 Å². The Labute approximate surface area is 140 Å². The quantitative estimate of drug-likeness (QED) is 0.715. The number of nitriles is 1. The lowest BCUT2D eigenvalue weighted by Crippen LogP contribution is -2.14. The van der Waals surface area contributed by atoms with Crippen LogP contribution in [0.25, 0.3) is 11.5 Å². The number of thiazole rings is 1. The normalized spacial score (nSPS) is 10.2. The van der Waals surface area contributed by atoms with Gasteiger partial charge in [0.2, 0.25) is 5.91 Å². The van der Waals surface area contributed by atoms with Gasteiger partial charge in [0.15, 0.2) is 10.9 Å². The monoisotopic (exact) mass is 342 g/mol. The molecular formula is C15H10N4O2S2. The van der Waals surface area contributed by atoms with Crippen LogP contribution in [0.4, 0.5) is 5.13 Å². The zero-order chi connectivity index (χ0) is 16.1. The number of nitrogens with one attached hydrogen (secondary N) is 1. The molecular weight excluding hydrogens is 332 g/mol. The van der Waals surface area contributed by atoms with Crippen LogP contribution in [0, 0.1) is 11.3 Å². The zero-order valence-corrected chi connectivity index (χ0v) is 13.4. The van der Waals surface area contributed by atoms with E-state index in [2.05, 4.69) is 21.4 Å². The summed E-state index contributed by atoms with van der Waals surface area (Å²) in [5.74, 6) is 0.561. The highest BCUT2D eigenvalue weighted by Gasteiger charge is 2.12. The SMILES string of the molecule is N#Cc1ccc(-c2ccco2)nc1SCC(=O)Nc1nccs1. The van der Waals surface area contributed by atoms with Gasteiger partial charge in [0.1, 0.15) is 16.8 Å². The molecule has 0 aliphatic carbocycles. The third kappa shape index (κ3) is 3.77. The predicted molar refractivity (Wildman–Crippen MR) is 88.1 cm³/mol. The Bertz CT molecular complexity index is 839. The number of carbonyl (C=O) groups excluding carboxylic acids is 1. The van der Waals surface area contributed by atoms with E-state index in [0.717, 1.165) is 0 Å². The zero-order valence-electron chi connectivity index (χ0n) is 11.7. The lowest BCUT2D eigenvalue weighted by Gasteiger charge is -2.05. The van der Waals surface area contributed by atoms with Crippen molar-refractivity contribution < 1.29 is 9.21 Å². The number of aromatic nitrogens is 2. The molecule has 3 aromatic heterocycles. The highest BCUT2D eigenvalue weighted by molar-refractivity contribution is 8.00. The van der Waals surface area contributed by atoms with E-state index in [0.29, 0.717) is 27.2 Å². The highest BCUT2D eigenvalue weighted by atomic mass is 32.2. The third-order valence-electron chi connectivity index (χ3n) is 2.77. The first-order chi connectivity index (χ1) is 11.3. The van der Waals surface area contributed by atoms with Gasteiger partial charge in [-0.05, 0) is 24.3 Å². The van der Waals surface area contributed by atoms with Gasteiger partial charge in [-0.1, -0.05) is 11.8 Å². The molecule has 1 amide bonds. The summed E-state index contributed by atoms with van der Waals surface area (Å²) in [7, 11) is 0. The average Bonchev–Trinajstić information content (AvgIpc) is 3.26. The fourth-order valence-corrected chi connectivity index (χ4v) is 3.09. The molecule has 114 valence electrons. The van der Waals surface area contributed by atoms with Crippen molar-refractivity contribution in [3.8, 4) is 17.5 Å². The van der Waals surface area contributed by atoms with Gasteiger partial charge in [0.25, 0.3) is 0 Å². The Kier molecular flexibility index (Phi) is 4.71. The minimum absolute atomic E-state index is 0.142. The van der Waals surface area contributed by atoms with Crippen LogP contribution in [0.3, 0.4) is 0 Å². The summed E-state index contributed by atoms with van der Waals surface area (Å²) in [5, 5.41) is 14.7. The Balaban J connectivity index is 1.72. The first kappa shape index (κ1) is 15.3. The molecule has 0 spiro atoms. The number of thioether (sulfide) groups is 1. The molecule has 0 fully saturated rings. The second-order valence-corrected chi connectivity index (χ2v) is 6.17. The van der Waals surface area contributed by atoms with Gasteiger partial charge in [-0.25, -0.2) is 9.97 Å². The molecule has 0 radical (unpaired) electrons. The molecule has 0 saturated carbocycles. The second-order valence-electron chi connectivity index (χ2n) is 4.31. The van der Waals surface area contributed by atoms with Crippen LogP contribution in [0.1, 0.15) is 5.56 Å². The van der Waals surface area contributed by atoms with Gasteiger partial charge in [0, 0.05) is 11.6 Å². The Morgan fingerprint density at radius 2 is 2.35 bits per heavy atom. The van der Waals surface area contributed by atoms with E-state index in [1.54, 1.807) is 42.1 Å². The van der Waals surface area contributed by atoms with E-state index in [-0.39, 0.29) is 11.7 Å². The molecule has 0 aliphatic heterocycles. The molecule has 1 N–H and O–H groups in total. The number of hydrogen-bond acceptors (Lipinski definition) is 7. The Morgan fingerprint density at radius 1 is 1.43 bits per heavy atom. The number of carbonyl (C=O) groups is 1. The van der Waals surface area contributed by atoms with Gasteiger partial charge in [0.05, 0.1) is 17.6 Å². The molecule has 8 heteroatoms. The van der Waals surface area contributed by atoms with Crippen molar-refractivity contribution in [1.82, 2.24) is 9.97 Å². The fraction of sp³-hybridized carbons (Fsp3) is 0.0667. The van der Waals surface area contributed by atoms with Crippen molar-refractivity contribution in [2.75, 3.05) is 11.1 Å². The second kappa shape index (κ2) is 7.09. The van der Waals surface area contributed by atoms with E-state index >= 15 is 0 Å². The molecule has 0 bridgehead atoms. The van der Waals surface area contributed by atoms with E-state index in [4.69, 9.17) is 4.42 Å². The number of nitrogens with zero attached hydrogens (tertiary/aromatic N) is 3. The first-order valence-electron chi connectivity index (χ1n) is 6.53. The van der Waals surface area contributed by atoms with E-state index in [1.807, 2.05) is 0 Å².